The van der Waals surface area contributed by atoms with Crippen LogP contribution < -0.4 is 10.2 Å². The van der Waals surface area contributed by atoms with Gasteiger partial charge in [-0.05, 0) is 74.6 Å². The Morgan fingerprint density at radius 3 is 2.56 bits per heavy atom. The number of halogens is 1. The van der Waals surface area contributed by atoms with Gasteiger partial charge in [0.15, 0.2) is 5.76 Å². The quantitative estimate of drug-likeness (QED) is 0.253. The number of carbonyl (C=O) groups is 2. The van der Waals surface area contributed by atoms with Gasteiger partial charge in [-0.25, -0.2) is 0 Å². The fourth-order valence-corrected chi connectivity index (χ4v) is 6.23. The van der Waals surface area contributed by atoms with E-state index >= 15 is 0 Å². The summed E-state index contributed by atoms with van der Waals surface area (Å²) in [6.45, 7) is 8.95. The van der Waals surface area contributed by atoms with E-state index in [0.29, 0.717) is 43.6 Å². The summed E-state index contributed by atoms with van der Waals surface area (Å²) in [5.74, 6) is 0.216. The van der Waals surface area contributed by atoms with Gasteiger partial charge in [-0.3, -0.25) is 9.59 Å². The lowest BCUT2D eigenvalue weighted by Gasteiger charge is -2.48. The van der Waals surface area contributed by atoms with Crippen LogP contribution in [-0.4, -0.2) is 73.7 Å². The second-order valence-corrected chi connectivity index (χ2v) is 11.8. The smallest absolute Gasteiger partial charge is 0.289 e. The van der Waals surface area contributed by atoms with Crippen LogP contribution in [0.4, 0.5) is 5.69 Å². The van der Waals surface area contributed by atoms with Gasteiger partial charge in [0.2, 0.25) is 6.41 Å². The van der Waals surface area contributed by atoms with Crippen molar-refractivity contribution in [2.45, 2.75) is 44.2 Å². The molecule has 0 bridgehead atoms. The summed E-state index contributed by atoms with van der Waals surface area (Å²) in [7, 11) is 0. The molecule has 3 aromatic rings. The van der Waals surface area contributed by atoms with Crippen molar-refractivity contribution >= 4 is 29.6 Å². The highest BCUT2D eigenvalue weighted by atomic mass is 35.5. The number of amides is 2. The summed E-state index contributed by atoms with van der Waals surface area (Å²) in [6.07, 6.45) is 4.90. The van der Waals surface area contributed by atoms with Gasteiger partial charge in [-0.15, -0.1) is 0 Å². The fourth-order valence-electron chi connectivity index (χ4n) is 6.05. The third-order valence-corrected chi connectivity index (χ3v) is 9.13. The Hall–Kier alpha value is -3.33. The number of furan rings is 1. The van der Waals surface area contributed by atoms with Crippen LogP contribution >= 0.6 is 11.6 Å². The summed E-state index contributed by atoms with van der Waals surface area (Å²) < 4.78 is 12.1. The first-order chi connectivity index (χ1) is 19.8. The molecule has 5 rings (SSSR count). The van der Waals surface area contributed by atoms with E-state index < -0.39 is 5.60 Å². The molecule has 0 spiro atoms. The van der Waals surface area contributed by atoms with Gasteiger partial charge in [0.05, 0.1) is 26.1 Å². The first kappa shape index (κ1) is 29.2. The Balaban J connectivity index is 1.23. The minimum Gasteiger partial charge on any atom is -0.459 e. The number of nitrogens with one attached hydrogen (secondary N) is 1. The summed E-state index contributed by atoms with van der Waals surface area (Å²) in [6, 6.07) is 19.8. The van der Waals surface area contributed by atoms with Crippen molar-refractivity contribution in [2.75, 3.05) is 50.9 Å². The first-order valence-corrected chi connectivity index (χ1v) is 14.7. The number of rotatable bonds is 11. The van der Waals surface area contributed by atoms with Crippen LogP contribution in [0.1, 0.15) is 47.9 Å². The molecule has 0 saturated carbocycles. The molecular weight excluding hydrogens is 540 g/mol. The third-order valence-electron chi connectivity index (χ3n) is 8.72. The predicted molar refractivity (Wildman–Crippen MR) is 160 cm³/mol. The normalized spacial score (nSPS) is 20.6. The second-order valence-electron chi connectivity index (χ2n) is 11.3. The van der Waals surface area contributed by atoms with Crippen molar-refractivity contribution in [2.24, 2.45) is 0 Å². The van der Waals surface area contributed by atoms with E-state index in [1.54, 1.807) is 12.1 Å². The summed E-state index contributed by atoms with van der Waals surface area (Å²) in [4.78, 5) is 30.7. The first-order valence-electron chi connectivity index (χ1n) is 14.3. The molecule has 2 aliphatic heterocycles. The monoisotopic (exact) mass is 578 g/mol. The number of piperidine rings is 1. The van der Waals surface area contributed by atoms with Crippen LogP contribution in [0, 0.1) is 6.92 Å². The van der Waals surface area contributed by atoms with Gasteiger partial charge < -0.3 is 29.2 Å². The number of anilines is 1. The molecular formula is C32H39ClN4O4. The number of ether oxygens (including phenoxy) is 1. The van der Waals surface area contributed by atoms with Crippen molar-refractivity contribution in [3.05, 3.63) is 88.8 Å². The summed E-state index contributed by atoms with van der Waals surface area (Å²) >= 11 is 6.53. The van der Waals surface area contributed by atoms with Crippen molar-refractivity contribution in [3.63, 3.8) is 0 Å². The highest BCUT2D eigenvalue weighted by Gasteiger charge is 2.44. The minimum absolute atomic E-state index is 0.0766. The van der Waals surface area contributed by atoms with E-state index in [9.17, 15) is 9.59 Å². The SMILES string of the molecule is Cc1ccc(C2(OCCN3CCC(C)(N(CNC=O)c4ccccc4)CC3)CCN(C(=O)c3ccco3)C2)cc1Cl. The predicted octanol–water partition coefficient (Wildman–Crippen LogP) is 5.06. The molecule has 0 aliphatic carbocycles. The number of carbonyl (C=O) groups excluding carboxylic acids is 2. The molecule has 8 nitrogen and oxygen atoms in total. The molecule has 2 fully saturated rings. The number of para-hydroxylation sites is 1. The zero-order chi connectivity index (χ0) is 28.9. The molecule has 1 N–H and O–H groups in total. The van der Waals surface area contributed by atoms with E-state index in [0.717, 1.165) is 55.7 Å². The molecule has 2 aromatic carbocycles. The molecule has 1 aromatic heterocycles. The Morgan fingerprint density at radius 1 is 1.10 bits per heavy atom. The maximum Gasteiger partial charge on any atom is 0.289 e. The van der Waals surface area contributed by atoms with E-state index in [2.05, 4.69) is 40.2 Å². The number of hydrogen-bond donors (Lipinski definition) is 1. The largest absolute Gasteiger partial charge is 0.459 e. The van der Waals surface area contributed by atoms with Gasteiger partial charge in [0, 0.05) is 42.4 Å². The van der Waals surface area contributed by atoms with Gasteiger partial charge in [0.25, 0.3) is 5.91 Å². The van der Waals surface area contributed by atoms with E-state index in [1.165, 1.54) is 6.26 Å². The van der Waals surface area contributed by atoms with E-state index in [-0.39, 0.29) is 11.4 Å². The van der Waals surface area contributed by atoms with E-state index in [4.69, 9.17) is 20.8 Å². The second kappa shape index (κ2) is 12.7. The molecule has 1 atom stereocenters. The lowest BCUT2D eigenvalue weighted by atomic mass is 9.87. The molecule has 0 radical (unpaired) electrons. The standard InChI is InChI=1S/C32H39ClN4O4/c1-25-10-11-26(21-28(25)33)32(14-17-36(22-32)30(39)29-9-6-19-40-29)41-20-18-35-15-12-31(2,13-16-35)37(23-34-24-38)27-7-4-3-5-8-27/h3-11,19,21,24H,12-18,20,22-23H2,1-2H3,(H,34,38). The molecule has 1 unspecified atom stereocenters. The summed E-state index contributed by atoms with van der Waals surface area (Å²) in [5, 5.41) is 3.56. The molecule has 218 valence electrons. The Bertz CT molecular complexity index is 1310. The van der Waals surface area contributed by atoms with Gasteiger partial charge >= 0.3 is 0 Å². The highest BCUT2D eigenvalue weighted by molar-refractivity contribution is 6.31. The number of hydrogen-bond acceptors (Lipinski definition) is 6. The average molecular weight is 579 g/mol. The molecule has 2 aliphatic rings. The van der Waals surface area contributed by atoms with Crippen LogP contribution in [-0.2, 0) is 15.1 Å². The average Bonchev–Trinajstić information content (AvgIpc) is 3.68. The van der Waals surface area contributed by atoms with Crippen molar-refractivity contribution in [1.29, 1.82) is 0 Å². The van der Waals surface area contributed by atoms with Crippen LogP contribution in [0.3, 0.4) is 0 Å². The topological polar surface area (TPSA) is 78.3 Å². The molecule has 9 heteroatoms. The Morgan fingerprint density at radius 2 is 1.88 bits per heavy atom. The molecule has 2 saturated heterocycles. The maximum absolute atomic E-state index is 13.1. The molecule has 41 heavy (non-hydrogen) atoms. The molecule has 3 heterocycles. The lowest BCUT2D eigenvalue weighted by molar-refractivity contribution is -0.109. The van der Waals surface area contributed by atoms with Crippen molar-refractivity contribution < 1.29 is 18.7 Å². The number of nitrogens with zero attached hydrogens (tertiary/aromatic N) is 3. The zero-order valence-corrected chi connectivity index (χ0v) is 24.6. The van der Waals surface area contributed by atoms with Crippen molar-refractivity contribution in [1.82, 2.24) is 15.1 Å². The highest BCUT2D eigenvalue weighted by Crippen LogP contribution is 2.39. The van der Waals surface area contributed by atoms with Crippen molar-refractivity contribution in [3.8, 4) is 0 Å². The maximum atomic E-state index is 13.1. The van der Waals surface area contributed by atoms with Crippen LogP contribution in [0.25, 0.3) is 0 Å². The van der Waals surface area contributed by atoms with Crippen LogP contribution in [0.5, 0.6) is 0 Å². The number of benzene rings is 2. The zero-order valence-electron chi connectivity index (χ0n) is 23.9. The summed E-state index contributed by atoms with van der Waals surface area (Å²) in [5.41, 5.74) is 2.41. The fraction of sp³-hybridized carbons (Fsp3) is 0.438. The van der Waals surface area contributed by atoms with Gasteiger partial charge in [0.1, 0.15) is 5.60 Å². The number of aryl methyl sites for hydroxylation is 1. The van der Waals surface area contributed by atoms with Gasteiger partial charge in [-0.2, -0.15) is 0 Å². The van der Waals surface area contributed by atoms with Gasteiger partial charge in [-0.1, -0.05) is 41.9 Å². The molecule has 2 amide bonds. The van der Waals surface area contributed by atoms with Crippen LogP contribution in [0.15, 0.2) is 71.3 Å². The Labute approximate surface area is 247 Å². The minimum atomic E-state index is -0.630. The number of likely N-dealkylation sites (tertiary alicyclic amines) is 2. The van der Waals surface area contributed by atoms with E-state index in [1.807, 2.05) is 42.2 Å². The lowest BCUT2D eigenvalue weighted by Crippen LogP contribution is -2.56. The Kier molecular flexibility index (Phi) is 9.02. The van der Waals surface area contributed by atoms with Crippen LogP contribution in [0.2, 0.25) is 5.02 Å². The third kappa shape index (κ3) is 6.45.